The standard InChI is InChI=1S/C25H37FN8O2/c1-7-19(26)13-28-17-27-12-18(15-32(5)6)21-14-29-23-9-8-22(31-34(21)23)30-20-10-11-33(16-20)24(35)36-25(2,3)4/h7-9,12,14-15,20,28H,10-11,13,16-17H2,1-6H3,(H,30,31). The predicted molar refractivity (Wildman–Crippen MR) is 141 cm³/mol. The maximum atomic E-state index is 13.3. The van der Waals surface area contributed by atoms with Crippen LogP contribution >= 0.6 is 0 Å². The highest BCUT2D eigenvalue weighted by Gasteiger charge is 2.30. The molecule has 3 rings (SSSR count). The van der Waals surface area contributed by atoms with E-state index in [1.54, 1.807) is 28.8 Å². The number of carbonyl (C=O) groups is 1. The van der Waals surface area contributed by atoms with Crippen molar-refractivity contribution in [3.8, 4) is 0 Å². The monoisotopic (exact) mass is 500 g/mol. The topological polar surface area (TPSA) is 99.4 Å². The van der Waals surface area contributed by atoms with Gasteiger partial charge in [0.15, 0.2) is 5.65 Å². The molecule has 1 unspecified atom stereocenters. The Bertz CT molecular complexity index is 1130. The first-order chi connectivity index (χ1) is 17.1. The van der Waals surface area contributed by atoms with E-state index in [2.05, 4.69) is 20.6 Å². The highest BCUT2D eigenvalue weighted by atomic mass is 19.1. The third-order valence-corrected chi connectivity index (χ3v) is 5.29. The molecule has 2 N–H and O–H groups in total. The summed E-state index contributed by atoms with van der Waals surface area (Å²) in [6.45, 7) is 8.84. The van der Waals surface area contributed by atoms with Gasteiger partial charge in [0.05, 0.1) is 18.6 Å². The molecule has 0 spiro atoms. The number of nitrogens with zero attached hydrogens (tertiary/aromatic N) is 6. The molecule has 0 aromatic carbocycles. The fourth-order valence-corrected chi connectivity index (χ4v) is 3.66. The first-order valence-electron chi connectivity index (χ1n) is 12.0. The summed E-state index contributed by atoms with van der Waals surface area (Å²) in [4.78, 5) is 24.9. The van der Waals surface area contributed by atoms with Crippen LogP contribution in [0.1, 0.15) is 39.8 Å². The average Bonchev–Trinajstić information content (AvgIpc) is 3.43. The van der Waals surface area contributed by atoms with Gasteiger partial charge < -0.3 is 19.9 Å². The molecule has 11 heteroatoms. The highest BCUT2D eigenvalue weighted by Crippen LogP contribution is 2.20. The number of aliphatic imine (C=N–C) groups is 1. The van der Waals surface area contributed by atoms with E-state index in [-0.39, 0.29) is 31.2 Å². The molecule has 3 heterocycles. The maximum Gasteiger partial charge on any atom is 0.410 e. The molecule has 0 radical (unpaired) electrons. The Morgan fingerprint density at radius 1 is 1.36 bits per heavy atom. The first kappa shape index (κ1) is 27.1. The van der Waals surface area contributed by atoms with Crippen LogP contribution in [-0.4, -0.2) is 88.7 Å². The van der Waals surface area contributed by atoms with Crippen molar-refractivity contribution in [2.75, 3.05) is 45.7 Å². The van der Waals surface area contributed by atoms with Crippen molar-refractivity contribution in [2.24, 2.45) is 4.99 Å². The second-order valence-electron chi connectivity index (χ2n) is 9.87. The van der Waals surface area contributed by atoms with Gasteiger partial charge in [-0.15, -0.1) is 5.10 Å². The van der Waals surface area contributed by atoms with Gasteiger partial charge in [-0.05, 0) is 46.2 Å². The van der Waals surface area contributed by atoms with E-state index in [0.29, 0.717) is 24.6 Å². The van der Waals surface area contributed by atoms with Crippen molar-refractivity contribution < 1.29 is 13.9 Å². The zero-order valence-corrected chi connectivity index (χ0v) is 22.0. The fraction of sp³-hybridized carbons (Fsp3) is 0.520. The molecule has 0 bridgehead atoms. The number of hydrogen-bond acceptors (Lipinski definition) is 8. The summed E-state index contributed by atoms with van der Waals surface area (Å²) in [7, 11) is 3.85. The van der Waals surface area contributed by atoms with Crippen LogP contribution in [0, 0.1) is 0 Å². The van der Waals surface area contributed by atoms with Crippen LogP contribution in [0.3, 0.4) is 0 Å². The molecule has 1 aliphatic heterocycles. The summed E-state index contributed by atoms with van der Waals surface area (Å²) in [5.74, 6) is 0.458. The van der Waals surface area contributed by atoms with Crippen LogP contribution in [0.5, 0.6) is 0 Å². The second kappa shape index (κ2) is 12.0. The molecule has 2 aromatic rings. The van der Waals surface area contributed by atoms with Gasteiger partial charge >= 0.3 is 6.09 Å². The molecule has 0 aliphatic carbocycles. The van der Waals surface area contributed by atoms with Crippen molar-refractivity contribution in [1.82, 2.24) is 29.7 Å². The lowest BCUT2D eigenvalue weighted by Crippen LogP contribution is -2.36. The molecule has 10 nitrogen and oxygen atoms in total. The molecular weight excluding hydrogens is 463 g/mol. The minimum Gasteiger partial charge on any atom is -0.444 e. The van der Waals surface area contributed by atoms with E-state index >= 15 is 0 Å². The minimum absolute atomic E-state index is 0.0661. The SMILES string of the molecule is CC=C(F)CNCN=CC(=CN(C)C)c1cnc2ccc(NC3CCN(C(=O)OC(C)(C)C)C3)nn12. The van der Waals surface area contributed by atoms with Gasteiger partial charge in [-0.1, -0.05) is 6.08 Å². The number of halogens is 1. The average molecular weight is 501 g/mol. The Hall–Kier alpha value is -3.47. The van der Waals surface area contributed by atoms with Crippen LogP contribution in [0.4, 0.5) is 15.0 Å². The number of carbonyl (C=O) groups excluding carboxylic acids is 1. The predicted octanol–water partition coefficient (Wildman–Crippen LogP) is 3.54. The Morgan fingerprint density at radius 2 is 2.14 bits per heavy atom. The lowest BCUT2D eigenvalue weighted by molar-refractivity contribution is 0.0293. The van der Waals surface area contributed by atoms with E-state index in [1.807, 2.05) is 58.1 Å². The van der Waals surface area contributed by atoms with Crippen LogP contribution in [-0.2, 0) is 4.74 Å². The molecule has 1 aliphatic rings. The Labute approximate surface area is 211 Å². The summed E-state index contributed by atoms with van der Waals surface area (Å²) in [6.07, 6.45) is 7.32. The number of nitrogens with one attached hydrogen (secondary N) is 2. The van der Waals surface area contributed by atoms with E-state index in [4.69, 9.17) is 9.84 Å². The van der Waals surface area contributed by atoms with Gasteiger partial charge in [0.1, 0.15) is 17.2 Å². The number of likely N-dealkylation sites (tertiary alicyclic amines) is 1. The van der Waals surface area contributed by atoms with E-state index < -0.39 is 5.60 Å². The number of anilines is 1. The molecule has 36 heavy (non-hydrogen) atoms. The van der Waals surface area contributed by atoms with Gasteiger partial charge in [-0.2, -0.15) is 0 Å². The molecular formula is C25H37FN8O2. The molecule has 1 atom stereocenters. The normalized spacial score (nSPS) is 17.3. The van der Waals surface area contributed by atoms with Crippen molar-refractivity contribution in [1.29, 1.82) is 0 Å². The number of amides is 1. The number of imidazole rings is 1. The van der Waals surface area contributed by atoms with E-state index in [0.717, 1.165) is 17.7 Å². The zero-order valence-electron chi connectivity index (χ0n) is 22.0. The van der Waals surface area contributed by atoms with Gasteiger partial charge in [0, 0.05) is 57.8 Å². The molecule has 2 aromatic heterocycles. The Balaban J connectivity index is 1.72. The van der Waals surface area contributed by atoms with Crippen LogP contribution in [0.15, 0.2) is 41.4 Å². The lowest BCUT2D eigenvalue weighted by atomic mass is 10.2. The van der Waals surface area contributed by atoms with Crippen LogP contribution in [0.2, 0.25) is 0 Å². The Kier molecular flexibility index (Phi) is 9.03. The molecule has 1 amide bonds. The number of ether oxygens (including phenoxy) is 1. The largest absolute Gasteiger partial charge is 0.444 e. The van der Waals surface area contributed by atoms with Crippen LogP contribution in [0.25, 0.3) is 11.2 Å². The molecule has 0 saturated carbocycles. The fourth-order valence-electron chi connectivity index (χ4n) is 3.66. The Morgan fingerprint density at radius 3 is 2.83 bits per heavy atom. The third kappa shape index (κ3) is 7.77. The number of allylic oxidation sites excluding steroid dienone is 2. The molecule has 1 saturated heterocycles. The quantitative estimate of drug-likeness (QED) is 0.401. The number of hydrogen-bond donors (Lipinski definition) is 2. The number of aromatic nitrogens is 3. The van der Waals surface area contributed by atoms with Gasteiger partial charge in [-0.3, -0.25) is 10.3 Å². The smallest absolute Gasteiger partial charge is 0.410 e. The lowest BCUT2D eigenvalue weighted by Gasteiger charge is -2.24. The van der Waals surface area contributed by atoms with Crippen molar-refractivity contribution in [3.63, 3.8) is 0 Å². The number of rotatable bonds is 9. The van der Waals surface area contributed by atoms with Gasteiger partial charge in [0.2, 0.25) is 0 Å². The van der Waals surface area contributed by atoms with Gasteiger partial charge in [-0.25, -0.2) is 18.7 Å². The van der Waals surface area contributed by atoms with Gasteiger partial charge in [0.25, 0.3) is 0 Å². The molecule has 1 fully saturated rings. The molecule has 196 valence electrons. The highest BCUT2D eigenvalue weighted by molar-refractivity contribution is 6.09. The summed E-state index contributed by atoms with van der Waals surface area (Å²) < 4.78 is 20.5. The zero-order chi connectivity index (χ0) is 26.3. The summed E-state index contributed by atoms with van der Waals surface area (Å²) in [5, 5.41) is 11.1. The first-order valence-corrected chi connectivity index (χ1v) is 12.0. The third-order valence-electron chi connectivity index (χ3n) is 5.29. The minimum atomic E-state index is -0.521. The summed E-state index contributed by atoms with van der Waals surface area (Å²) >= 11 is 0. The number of fused-ring (bicyclic) bond motifs is 1. The second-order valence-corrected chi connectivity index (χ2v) is 9.87. The van der Waals surface area contributed by atoms with Crippen molar-refractivity contribution in [2.45, 2.75) is 45.8 Å². The van der Waals surface area contributed by atoms with Crippen LogP contribution < -0.4 is 10.6 Å². The van der Waals surface area contributed by atoms with Crippen molar-refractivity contribution >= 4 is 29.3 Å². The maximum absolute atomic E-state index is 13.3. The van der Waals surface area contributed by atoms with E-state index in [9.17, 15) is 9.18 Å². The summed E-state index contributed by atoms with van der Waals surface area (Å²) in [5.41, 5.74) is 1.76. The van der Waals surface area contributed by atoms with Crippen molar-refractivity contribution in [3.05, 3.63) is 42.1 Å². The van der Waals surface area contributed by atoms with E-state index in [1.165, 1.54) is 6.08 Å². The summed E-state index contributed by atoms with van der Waals surface area (Å²) in [6, 6.07) is 3.84.